The molecule has 0 bridgehead atoms. The van der Waals surface area contributed by atoms with Gasteiger partial charge in [-0.2, -0.15) is 0 Å². The first-order valence-electron chi connectivity index (χ1n) is 7.39. The predicted molar refractivity (Wildman–Crippen MR) is 83.0 cm³/mol. The fraction of sp³-hybridized carbons (Fsp3) is 0.533. The standard InChI is InChI=1S/C15H21NO6S/c1-10(2)22-15(17)11(3)9-16-23(18,19)12-4-5-13-14(8-12)21-7-6-20-13/h4-5,8,10-11,16H,6-7,9H2,1-3H3/t11-/m1/s1. The summed E-state index contributed by atoms with van der Waals surface area (Å²) < 4.78 is 42.8. The highest BCUT2D eigenvalue weighted by atomic mass is 32.2. The van der Waals surface area contributed by atoms with E-state index in [0.29, 0.717) is 24.7 Å². The average molecular weight is 343 g/mol. The van der Waals surface area contributed by atoms with Crippen LogP contribution >= 0.6 is 0 Å². The summed E-state index contributed by atoms with van der Waals surface area (Å²) in [5, 5.41) is 0. The highest BCUT2D eigenvalue weighted by Crippen LogP contribution is 2.32. The van der Waals surface area contributed by atoms with E-state index in [1.165, 1.54) is 12.1 Å². The van der Waals surface area contributed by atoms with Crippen LogP contribution in [0.15, 0.2) is 23.1 Å². The second-order valence-corrected chi connectivity index (χ2v) is 7.31. The van der Waals surface area contributed by atoms with Crippen molar-refractivity contribution in [2.75, 3.05) is 19.8 Å². The summed E-state index contributed by atoms with van der Waals surface area (Å²) in [7, 11) is -3.74. The summed E-state index contributed by atoms with van der Waals surface area (Å²) in [6.07, 6.45) is -0.237. The monoisotopic (exact) mass is 343 g/mol. The molecule has 0 spiro atoms. The molecule has 0 amide bonds. The second kappa shape index (κ2) is 7.18. The van der Waals surface area contributed by atoms with Crippen molar-refractivity contribution in [2.24, 2.45) is 5.92 Å². The lowest BCUT2D eigenvalue weighted by Crippen LogP contribution is -2.33. The maximum Gasteiger partial charge on any atom is 0.310 e. The molecule has 1 atom stereocenters. The van der Waals surface area contributed by atoms with Crippen LogP contribution in [-0.4, -0.2) is 40.2 Å². The molecule has 1 aliphatic rings. The fourth-order valence-corrected chi connectivity index (χ4v) is 3.09. The Balaban J connectivity index is 2.03. The average Bonchev–Trinajstić information content (AvgIpc) is 2.51. The first-order valence-corrected chi connectivity index (χ1v) is 8.87. The highest BCUT2D eigenvalue weighted by molar-refractivity contribution is 7.89. The molecule has 0 fully saturated rings. The lowest BCUT2D eigenvalue weighted by atomic mass is 10.2. The molecule has 1 aromatic carbocycles. The Hall–Kier alpha value is -1.80. The third-order valence-corrected chi connectivity index (χ3v) is 4.58. The molecule has 2 rings (SSSR count). The van der Waals surface area contributed by atoms with E-state index >= 15 is 0 Å². The molecule has 1 aliphatic heterocycles. The van der Waals surface area contributed by atoms with Gasteiger partial charge in [0, 0.05) is 12.6 Å². The van der Waals surface area contributed by atoms with Gasteiger partial charge in [0.15, 0.2) is 11.5 Å². The maximum absolute atomic E-state index is 12.3. The first-order chi connectivity index (χ1) is 10.8. The van der Waals surface area contributed by atoms with Crippen molar-refractivity contribution in [3.8, 4) is 11.5 Å². The number of rotatable bonds is 6. The zero-order chi connectivity index (χ0) is 17.0. The second-order valence-electron chi connectivity index (χ2n) is 5.54. The minimum atomic E-state index is -3.74. The van der Waals surface area contributed by atoms with Gasteiger partial charge in [-0.1, -0.05) is 6.92 Å². The summed E-state index contributed by atoms with van der Waals surface area (Å²) in [5.74, 6) is -0.107. The molecule has 1 aromatic rings. The SMILES string of the molecule is CC(C)OC(=O)[C@H](C)CNS(=O)(=O)c1ccc2c(c1)OCCO2. The summed E-state index contributed by atoms with van der Waals surface area (Å²) in [6, 6.07) is 4.40. The van der Waals surface area contributed by atoms with Crippen molar-refractivity contribution in [3.63, 3.8) is 0 Å². The summed E-state index contributed by atoms with van der Waals surface area (Å²) in [6.45, 7) is 5.86. The number of hydrogen-bond acceptors (Lipinski definition) is 6. The van der Waals surface area contributed by atoms with E-state index in [9.17, 15) is 13.2 Å². The minimum Gasteiger partial charge on any atom is -0.486 e. The Kier molecular flexibility index (Phi) is 5.48. The quantitative estimate of drug-likeness (QED) is 0.784. The van der Waals surface area contributed by atoms with E-state index in [1.54, 1.807) is 26.8 Å². The molecular formula is C15H21NO6S. The van der Waals surface area contributed by atoms with Crippen molar-refractivity contribution in [3.05, 3.63) is 18.2 Å². The van der Waals surface area contributed by atoms with Gasteiger partial charge in [0.1, 0.15) is 13.2 Å². The van der Waals surface area contributed by atoms with Gasteiger partial charge in [-0.15, -0.1) is 0 Å². The molecule has 8 heteroatoms. The lowest BCUT2D eigenvalue weighted by Gasteiger charge is -2.19. The molecule has 0 radical (unpaired) electrons. The zero-order valence-corrected chi connectivity index (χ0v) is 14.2. The van der Waals surface area contributed by atoms with Gasteiger partial charge < -0.3 is 14.2 Å². The molecule has 23 heavy (non-hydrogen) atoms. The van der Waals surface area contributed by atoms with E-state index in [2.05, 4.69) is 4.72 Å². The Labute approximate surface area is 136 Å². The number of fused-ring (bicyclic) bond motifs is 1. The fourth-order valence-electron chi connectivity index (χ4n) is 1.94. The molecule has 1 heterocycles. The molecule has 7 nitrogen and oxygen atoms in total. The van der Waals surface area contributed by atoms with Gasteiger partial charge in [0.05, 0.1) is 16.9 Å². The molecule has 0 aromatic heterocycles. The molecule has 1 N–H and O–H groups in total. The van der Waals surface area contributed by atoms with E-state index in [1.807, 2.05) is 0 Å². The number of esters is 1. The van der Waals surface area contributed by atoms with E-state index < -0.39 is 21.9 Å². The number of carbonyl (C=O) groups is 1. The first kappa shape index (κ1) is 17.6. The van der Waals surface area contributed by atoms with Crippen LogP contribution in [0.25, 0.3) is 0 Å². The molecule has 0 saturated heterocycles. The molecular weight excluding hydrogens is 322 g/mol. The maximum atomic E-state index is 12.3. The lowest BCUT2D eigenvalue weighted by molar-refractivity contribution is -0.151. The van der Waals surface area contributed by atoms with Crippen LogP contribution in [0, 0.1) is 5.92 Å². The van der Waals surface area contributed by atoms with Crippen LogP contribution in [-0.2, 0) is 19.6 Å². The number of benzene rings is 1. The Bertz CT molecular complexity index is 671. The largest absolute Gasteiger partial charge is 0.486 e. The third kappa shape index (κ3) is 4.59. The molecule has 128 valence electrons. The van der Waals surface area contributed by atoms with Crippen molar-refractivity contribution in [1.29, 1.82) is 0 Å². The van der Waals surface area contributed by atoms with Crippen LogP contribution in [0.5, 0.6) is 11.5 Å². The summed E-state index contributed by atoms with van der Waals surface area (Å²) in [4.78, 5) is 11.8. The third-order valence-electron chi connectivity index (χ3n) is 3.16. The number of ether oxygens (including phenoxy) is 3. The normalized spacial score (nSPS) is 15.3. The summed E-state index contributed by atoms with van der Waals surface area (Å²) >= 11 is 0. The Morgan fingerprint density at radius 3 is 2.52 bits per heavy atom. The summed E-state index contributed by atoms with van der Waals surface area (Å²) in [5.41, 5.74) is 0. The molecule has 0 unspecified atom stereocenters. The van der Waals surface area contributed by atoms with Crippen LogP contribution in [0.2, 0.25) is 0 Å². The van der Waals surface area contributed by atoms with Gasteiger partial charge in [-0.05, 0) is 26.0 Å². The topological polar surface area (TPSA) is 90.9 Å². The number of sulfonamides is 1. The van der Waals surface area contributed by atoms with Crippen molar-refractivity contribution >= 4 is 16.0 Å². The number of nitrogens with one attached hydrogen (secondary N) is 1. The van der Waals surface area contributed by atoms with Crippen molar-refractivity contribution in [2.45, 2.75) is 31.8 Å². The van der Waals surface area contributed by atoms with Crippen molar-refractivity contribution in [1.82, 2.24) is 4.72 Å². The van der Waals surface area contributed by atoms with Gasteiger partial charge in [-0.3, -0.25) is 4.79 Å². The van der Waals surface area contributed by atoms with E-state index in [4.69, 9.17) is 14.2 Å². The van der Waals surface area contributed by atoms with Crippen LogP contribution in [0.3, 0.4) is 0 Å². The van der Waals surface area contributed by atoms with Crippen LogP contribution in [0.1, 0.15) is 20.8 Å². The minimum absolute atomic E-state index is 0.0394. The van der Waals surface area contributed by atoms with Gasteiger partial charge in [0.25, 0.3) is 0 Å². The Morgan fingerprint density at radius 2 is 1.87 bits per heavy atom. The van der Waals surface area contributed by atoms with Gasteiger partial charge in [-0.25, -0.2) is 13.1 Å². The van der Waals surface area contributed by atoms with Crippen LogP contribution in [0.4, 0.5) is 0 Å². The molecule has 0 saturated carbocycles. The van der Waals surface area contributed by atoms with E-state index in [-0.39, 0.29) is 17.5 Å². The highest BCUT2D eigenvalue weighted by Gasteiger charge is 2.22. The van der Waals surface area contributed by atoms with Gasteiger partial charge >= 0.3 is 5.97 Å². The molecule has 0 aliphatic carbocycles. The number of carbonyl (C=O) groups excluding carboxylic acids is 1. The van der Waals surface area contributed by atoms with E-state index in [0.717, 1.165) is 0 Å². The smallest absolute Gasteiger partial charge is 0.310 e. The number of hydrogen-bond donors (Lipinski definition) is 1. The predicted octanol–water partition coefficient (Wildman–Crippen LogP) is 1.32. The zero-order valence-electron chi connectivity index (χ0n) is 13.4. The van der Waals surface area contributed by atoms with Crippen LogP contribution < -0.4 is 14.2 Å². The van der Waals surface area contributed by atoms with Crippen molar-refractivity contribution < 1.29 is 27.4 Å². The Morgan fingerprint density at radius 1 is 1.22 bits per heavy atom. The van der Waals surface area contributed by atoms with Gasteiger partial charge in [0.2, 0.25) is 10.0 Å².